The molecule has 1 aliphatic carbocycles. The van der Waals surface area contributed by atoms with Gasteiger partial charge in [0, 0.05) is 33.5 Å². The zero-order valence-corrected chi connectivity index (χ0v) is 16.7. The van der Waals surface area contributed by atoms with Crippen molar-refractivity contribution in [1.29, 1.82) is 0 Å². The van der Waals surface area contributed by atoms with Crippen LogP contribution in [0.5, 0.6) is 0 Å². The van der Waals surface area contributed by atoms with Crippen molar-refractivity contribution in [2.75, 3.05) is 5.75 Å². The summed E-state index contributed by atoms with van der Waals surface area (Å²) in [6, 6.07) is 1.90. The van der Waals surface area contributed by atoms with Gasteiger partial charge in [-0.05, 0) is 38.2 Å². The molecule has 3 atom stereocenters. The van der Waals surface area contributed by atoms with E-state index in [-0.39, 0.29) is 23.1 Å². The molecule has 1 saturated carbocycles. The summed E-state index contributed by atoms with van der Waals surface area (Å²) in [6.45, 7) is 7.84. The third-order valence-corrected chi connectivity index (χ3v) is 6.83. The molecule has 0 aromatic carbocycles. The summed E-state index contributed by atoms with van der Waals surface area (Å²) in [5.41, 5.74) is 2.46. The maximum absolute atomic E-state index is 13.0. The Morgan fingerprint density at radius 1 is 1.42 bits per heavy atom. The number of fused-ring (bicyclic) bond motifs is 1. The molecule has 0 aliphatic heterocycles. The van der Waals surface area contributed by atoms with Gasteiger partial charge in [0.15, 0.2) is 0 Å². The first-order valence-electron chi connectivity index (χ1n) is 9.35. The van der Waals surface area contributed by atoms with Crippen LogP contribution in [0.25, 0.3) is 11.1 Å². The number of amides is 1. The van der Waals surface area contributed by atoms with Gasteiger partial charge in [0.25, 0.3) is 11.6 Å². The number of nitrogens with one attached hydrogen (secondary N) is 1. The van der Waals surface area contributed by atoms with Gasteiger partial charge in [-0.2, -0.15) is 0 Å². The number of pyridine rings is 1. The number of aromatic nitrogens is 2. The highest BCUT2D eigenvalue weighted by Gasteiger charge is 2.28. The summed E-state index contributed by atoms with van der Waals surface area (Å²) in [5, 5.41) is 7.98. The van der Waals surface area contributed by atoms with E-state index in [0.29, 0.717) is 28.1 Å². The molecule has 1 N–H and O–H groups in total. The number of carbonyl (C=O) groups excluding carboxylic acids is 1. The van der Waals surface area contributed by atoms with Crippen LogP contribution in [-0.4, -0.2) is 37.3 Å². The number of nitrogens with zero attached hydrogens (tertiary/aromatic N) is 2. The minimum Gasteiger partial charge on any atom is -0.349 e. The lowest BCUT2D eigenvalue weighted by molar-refractivity contribution is 0.0929. The van der Waals surface area contributed by atoms with Crippen molar-refractivity contribution in [1.82, 2.24) is 15.5 Å². The van der Waals surface area contributed by atoms with E-state index in [4.69, 9.17) is 4.52 Å². The Morgan fingerprint density at radius 3 is 2.88 bits per heavy atom. The van der Waals surface area contributed by atoms with Crippen LogP contribution in [0, 0.1) is 6.92 Å². The molecule has 0 spiro atoms. The highest BCUT2D eigenvalue weighted by Crippen LogP contribution is 2.27. The smallest absolute Gasteiger partial charge is 0.259 e. The molecular formula is C19H27N3O3S. The first kappa shape index (κ1) is 19.0. The Kier molecular flexibility index (Phi) is 5.75. The van der Waals surface area contributed by atoms with Gasteiger partial charge in [-0.3, -0.25) is 9.00 Å². The summed E-state index contributed by atoms with van der Waals surface area (Å²) < 4.78 is 17.4. The van der Waals surface area contributed by atoms with E-state index in [1.165, 1.54) is 0 Å². The maximum atomic E-state index is 13.0. The zero-order chi connectivity index (χ0) is 18.8. The fraction of sp³-hybridized carbons (Fsp3) is 0.632. The van der Waals surface area contributed by atoms with Crippen LogP contribution in [0.2, 0.25) is 0 Å². The van der Waals surface area contributed by atoms with Crippen LogP contribution >= 0.6 is 0 Å². The van der Waals surface area contributed by atoms with E-state index in [9.17, 15) is 9.00 Å². The molecule has 2 heterocycles. The van der Waals surface area contributed by atoms with Crippen molar-refractivity contribution in [3.63, 3.8) is 0 Å². The van der Waals surface area contributed by atoms with Crippen LogP contribution < -0.4 is 5.32 Å². The zero-order valence-electron chi connectivity index (χ0n) is 15.9. The Bertz CT molecular complexity index is 831. The monoisotopic (exact) mass is 377 g/mol. The van der Waals surface area contributed by atoms with Gasteiger partial charge in [0.05, 0.1) is 16.6 Å². The number of rotatable bonds is 5. The highest BCUT2D eigenvalue weighted by molar-refractivity contribution is 7.85. The molecule has 2 aromatic heterocycles. The van der Waals surface area contributed by atoms with Gasteiger partial charge in [0.2, 0.25) is 0 Å². The minimum atomic E-state index is -0.809. The van der Waals surface area contributed by atoms with Gasteiger partial charge in [0.1, 0.15) is 0 Å². The molecule has 1 amide bonds. The predicted octanol–water partition coefficient (Wildman–Crippen LogP) is 3.46. The molecule has 0 bridgehead atoms. The number of aryl methyl sites for hydroxylation is 1. The van der Waals surface area contributed by atoms with Crippen LogP contribution in [0.1, 0.15) is 74.1 Å². The van der Waals surface area contributed by atoms with E-state index in [1.54, 1.807) is 0 Å². The standard InChI is InChI=1S/C19H27N3O3S/c1-5-26(24)14-8-6-7-13(9-14)20-18(23)15-10-16(11(2)3)21-19-17(15)12(4)22-25-19/h10-11,13-14H,5-9H2,1-4H3,(H,20,23)/t13-,14-,26+/m1/s1. The van der Waals surface area contributed by atoms with Crippen molar-refractivity contribution < 1.29 is 13.5 Å². The average molecular weight is 378 g/mol. The topological polar surface area (TPSA) is 85.1 Å². The third-order valence-electron chi connectivity index (χ3n) is 5.09. The second kappa shape index (κ2) is 7.86. The number of carbonyl (C=O) groups is 1. The summed E-state index contributed by atoms with van der Waals surface area (Å²) in [7, 11) is -0.809. The highest BCUT2D eigenvalue weighted by atomic mass is 32.2. The van der Waals surface area contributed by atoms with Gasteiger partial charge in [-0.15, -0.1) is 0 Å². The lowest BCUT2D eigenvalue weighted by Crippen LogP contribution is -2.41. The fourth-order valence-corrected chi connectivity index (χ4v) is 4.95. The summed E-state index contributed by atoms with van der Waals surface area (Å²) in [4.78, 5) is 17.5. The molecule has 6 nitrogen and oxygen atoms in total. The van der Waals surface area contributed by atoms with E-state index < -0.39 is 10.8 Å². The molecule has 2 aromatic rings. The summed E-state index contributed by atoms with van der Waals surface area (Å²) in [6.07, 6.45) is 3.68. The molecular weight excluding hydrogens is 350 g/mol. The van der Waals surface area contributed by atoms with Gasteiger partial charge >= 0.3 is 0 Å². The lowest BCUT2D eigenvalue weighted by atomic mass is 9.94. The Balaban J connectivity index is 1.85. The SMILES string of the molecule is CC[S@](=O)[C@@H]1CCC[C@@H](NC(=O)c2cc(C(C)C)nc3onc(C)c23)C1. The Morgan fingerprint density at radius 2 is 2.19 bits per heavy atom. The second-order valence-corrected chi connectivity index (χ2v) is 9.33. The number of hydrogen-bond donors (Lipinski definition) is 1. The predicted molar refractivity (Wildman–Crippen MR) is 103 cm³/mol. The fourth-order valence-electron chi connectivity index (χ4n) is 3.60. The number of hydrogen-bond acceptors (Lipinski definition) is 5. The Hall–Kier alpha value is -1.76. The first-order valence-corrected chi connectivity index (χ1v) is 10.7. The van der Waals surface area contributed by atoms with Gasteiger partial charge in [-0.1, -0.05) is 32.3 Å². The van der Waals surface area contributed by atoms with Crippen molar-refractivity contribution in [3.05, 3.63) is 23.0 Å². The van der Waals surface area contributed by atoms with E-state index in [2.05, 4.69) is 15.5 Å². The van der Waals surface area contributed by atoms with Gasteiger partial charge in [-0.25, -0.2) is 4.98 Å². The first-order chi connectivity index (χ1) is 12.4. The van der Waals surface area contributed by atoms with Crippen molar-refractivity contribution in [2.45, 2.75) is 70.6 Å². The summed E-state index contributed by atoms with van der Waals surface area (Å²) in [5.74, 6) is 0.731. The molecule has 1 aliphatic rings. The normalized spacial score (nSPS) is 21.9. The average Bonchev–Trinajstić information content (AvgIpc) is 3.01. The van der Waals surface area contributed by atoms with E-state index in [1.807, 2.05) is 33.8 Å². The molecule has 7 heteroatoms. The quantitative estimate of drug-likeness (QED) is 0.862. The maximum Gasteiger partial charge on any atom is 0.259 e. The molecule has 142 valence electrons. The molecule has 3 rings (SSSR count). The summed E-state index contributed by atoms with van der Waals surface area (Å²) >= 11 is 0. The molecule has 0 unspecified atom stereocenters. The van der Waals surface area contributed by atoms with E-state index >= 15 is 0 Å². The van der Waals surface area contributed by atoms with Crippen LogP contribution in [-0.2, 0) is 10.8 Å². The Labute approximate surface area is 156 Å². The molecule has 26 heavy (non-hydrogen) atoms. The second-order valence-electron chi connectivity index (χ2n) is 7.33. The van der Waals surface area contributed by atoms with Crippen LogP contribution in [0.3, 0.4) is 0 Å². The van der Waals surface area contributed by atoms with Crippen LogP contribution in [0.4, 0.5) is 0 Å². The van der Waals surface area contributed by atoms with Gasteiger partial charge < -0.3 is 9.84 Å². The van der Waals surface area contributed by atoms with Crippen LogP contribution in [0.15, 0.2) is 10.6 Å². The third kappa shape index (κ3) is 3.82. The largest absolute Gasteiger partial charge is 0.349 e. The van der Waals surface area contributed by atoms with E-state index in [0.717, 1.165) is 31.4 Å². The lowest BCUT2D eigenvalue weighted by Gasteiger charge is -2.29. The van der Waals surface area contributed by atoms with Crippen molar-refractivity contribution in [2.24, 2.45) is 0 Å². The minimum absolute atomic E-state index is 0.0580. The molecule has 0 radical (unpaired) electrons. The van der Waals surface area contributed by atoms with Crippen molar-refractivity contribution in [3.8, 4) is 0 Å². The molecule has 0 saturated heterocycles. The molecule has 1 fully saturated rings. The van der Waals surface area contributed by atoms with Crippen molar-refractivity contribution >= 4 is 27.8 Å².